The first-order chi connectivity index (χ1) is 11.0. The Morgan fingerprint density at radius 3 is 2.70 bits per heavy atom. The molecule has 5 heteroatoms. The predicted octanol–water partition coefficient (Wildman–Crippen LogP) is 3.21. The third-order valence-corrected chi connectivity index (χ3v) is 3.12. The minimum Gasteiger partial charge on any atom is -0.491 e. The van der Waals surface area contributed by atoms with Gasteiger partial charge in [0.25, 0.3) is 0 Å². The standard InChI is InChI=1S/C18H23N3O2/c1-12(2)23-15-6-7-16(14-5-4-8-20-11-14)17(10-15)21-18(22)9-13(3)19/h4-8,10-13H,9,19H2,1-3H3,(H,21,22). The zero-order chi connectivity index (χ0) is 16.8. The van der Waals surface area contributed by atoms with Crippen LogP contribution in [0.4, 0.5) is 5.69 Å². The molecule has 122 valence electrons. The number of nitrogens with zero attached hydrogens (tertiary/aromatic N) is 1. The van der Waals surface area contributed by atoms with E-state index in [0.29, 0.717) is 11.4 Å². The Kier molecular flexibility index (Phi) is 5.71. The second kappa shape index (κ2) is 7.74. The molecule has 1 aromatic carbocycles. The largest absolute Gasteiger partial charge is 0.491 e. The SMILES string of the molecule is CC(N)CC(=O)Nc1cc(OC(C)C)ccc1-c1cccnc1. The van der Waals surface area contributed by atoms with Crippen molar-refractivity contribution in [3.05, 3.63) is 42.7 Å². The van der Waals surface area contributed by atoms with Gasteiger partial charge in [0, 0.05) is 42.0 Å². The van der Waals surface area contributed by atoms with Crippen LogP contribution in [0.1, 0.15) is 27.2 Å². The van der Waals surface area contributed by atoms with Gasteiger partial charge in [-0.05, 0) is 39.0 Å². The Labute approximate surface area is 136 Å². The topological polar surface area (TPSA) is 77.2 Å². The van der Waals surface area contributed by atoms with Crippen molar-refractivity contribution in [2.45, 2.75) is 39.3 Å². The number of nitrogens with one attached hydrogen (secondary N) is 1. The molecular formula is C18H23N3O2. The minimum atomic E-state index is -0.188. The van der Waals surface area contributed by atoms with Crippen LogP contribution >= 0.6 is 0 Å². The molecule has 0 saturated heterocycles. The van der Waals surface area contributed by atoms with E-state index in [1.165, 1.54) is 0 Å². The maximum atomic E-state index is 12.1. The maximum absolute atomic E-state index is 12.1. The van der Waals surface area contributed by atoms with Crippen molar-refractivity contribution >= 4 is 11.6 Å². The highest BCUT2D eigenvalue weighted by atomic mass is 16.5. The van der Waals surface area contributed by atoms with Crippen LogP contribution in [0.3, 0.4) is 0 Å². The monoisotopic (exact) mass is 313 g/mol. The Morgan fingerprint density at radius 1 is 1.30 bits per heavy atom. The number of pyridine rings is 1. The van der Waals surface area contributed by atoms with E-state index in [0.717, 1.165) is 11.1 Å². The summed E-state index contributed by atoms with van der Waals surface area (Å²) in [5.74, 6) is 0.593. The number of nitrogens with two attached hydrogens (primary N) is 1. The minimum absolute atomic E-state index is 0.0619. The van der Waals surface area contributed by atoms with E-state index in [1.54, 1.807) is 19.3 Å². The number of benzene rings is 1. The van der Waals surface area contributed by atoms with Crippen molar-refractivity contribution in [1.29, 1.82) is 0 Å². The van der Waals surface area contributed by atoms with E-state index in [2.05, 4.69) is 10.3 Å². The predicted molar refractivity (Wildman–Crippen MR) is 92.3 cm³/mol. The van der Waals surface area contributed by atoms with Gasteiger partial charge in [0.05, 0.1) is 11.8 Å². The van der Waals surface area contributed by atoms with E-state index in [4.69, 9.17) is 10.5 Å². The van der Waals surface area contributed by atoms with Gasteiger partial charge in [-0.2, -0.15) is 0 Å². The molecule has 1 unspecified atom stereocenters. The molecule has 0 fully saturated rings. The summed E-state index contributed by atoms with van der Waals surface area (Å²) in [4.78, 5) is 16.2. The lowest BCUT2D eigenvalue weighted by Gasteiger charge is -2.16. The molecule has 1 aromatic heterocycles. The van der Waals surface area contributed by atoms with Crippen LogP contribution in [0.15, 0.2) is 42.7 Å². The number of ether oxygens (including phenoxy) is 1. The van der Waals surface area contributed by atoms with E-state index in [9.17, 15) is 4.79 Å². The second-order valence-corrected chi connectivity index (χ2v) is 5.85. The molecule has 0 aliphatic carbocycles. The van der Waals surface area contributed by atoms with Crippen LogP contribution in [-0.2, 0) is 4.79 Å². The molecule has 0 aliphatic rings. The molecule has 0 spiro atoms. The number of rotatable bonds is 6. The zero-order valence-electron chi connectivity index (χ0n) is 13.7. The van der Waals surface area contributed by atoms with Crippen LogP contribution in [0.5, 0.6) is 5.75 Å². The quantitative estimate of drug-likeness (QED) is 0.858. The third-order valence-electron chi connectivity index (χ3n) is 3.12. The van der Waals surface area contributed by atoms with Crippen LogP contribution in [0, 0.1) is 0 Å². The van der Waals surface area contributed by atoms with Gasteiger partial charge in [0.1, 0.15) is 5.75 Å². The van der Waals surface area contributed by atoms with Gasteiger partial charge in [-0.1, -0.05) is 6.07 Å². The first-order valence-corrected chi connectivity index (χ1v) is 7.72. The average molecular weight is 313 g/mol. The first kappa shape index (κ1) is 17.0. The van der Waals surface area contributed by atoms with Crippen molar-refractivity contribution in [3.63, 3.8) is 0 Å². The average Bonchev–Trinajstić information content (AvgIpc) is 2.47. The lowest BCUT2D eigenvalue weighted by Crippen LogP contribution is -2.24. The van der Waals surface area contributed by atoms with E-state index in [-0.39, 0.29) is 24.5 Å². The Balaban J connectivity index is 2.35. The summed E-state index contributed by atoms with van der Waals surface area (Å²) in [5.41, 5.74) is 8.22. The van der Waals surface area contributed by atoms with E-state index >= 15 is 0 Å². The lowest BCUT2D eigenvalue weighted by molar-refractivity contribution is -0.116. The summed E-state index contributed by atoms with van der Waals surface area (Å²) in [5, 5.41) is 2.93. The summed E-state index contributed by atoms with van der Waals surface area (Å²) in [6, 6.07) is 9.28. The number of amides is 1. The highest BCUT2D eigenvalue weighted by molar-refractivity contribution is 5.96. The highest BCUT2D eigenvalue weighted by Crippen LogP contribution is 2.31. The summed E-state index contributed by atoms with van der Waals surface area (Å²) < 4.78 is 5.72. The molecule has 0 saturated carbocycles. The summed E-state index contributed by atoms with van der Waals surface area (Å²) in [6.07, 6.45) is 3.81. The van der Waals surface area contributed by atoms with Crippen LogP contribution in [0.2, 0.25) is 0 Å². The molecule has 0 bridgehead atoms. The van der Waals surface area contributed by atoms with Crippen molar-refractivity contribution in [1.82, 2.24) is 4.98 Å². The molecule has 2 aromatic rings. The van der Waals surface area contributed by atoms with Gasteiger partial charge in [-0.15, -0.1) is 0 Å². The summed E-state index contributed by atoms with van der Waals surface area (Å²) in [6.45, 7) is 5.73. The van der Waals surface area contributed by atoms with Crippen molar-refractivity contribution in [2.24, 2.45) is 5.73 Å². The fourth-order valence-electron chi connectivity index (χ4n) is 2.24. The number of hydrogen-bond acceptors (Lipinski definition) is 4. The number of carbonyl (C=O) groups excluding carboxylic acids is 1. The maximum Gasteiger partial charge on any atom is 0.225 e. The Bertz CT molecular complexity index is 655. The first-order valence-electron chi connectivity index (χ1n) is 7.72. The van der Waals surface area contributed by atoms with Crippen LogP contribution in [-0.4, -0.2) is 23.0 Å². The molecule has 1 atom stereocenters. The molecule has 23 heavy (non-hydrogen) atoms. The van der Waals surface area contributed by atoms with Gasteiger partial charge >= 0.3 is 0 Å². The fourth-order valence-corrected chi connectivity index (χ4v) is 2.24. The molecule has 1 heterocycles. The van der Waals surface area contributed by atoms with Crippen molar-refractivity contribution in [3.8, 4) is 16.9 Å². The molecule has 2 rings (SSSR count). The fraction of sp³-hybridized carbons (Fsp3) is 0.333. The van der Waals surface area contributed by atoms with E-state index < -0.39 is 0 Å². The van der Waals surface area contributed by atoms with Gasteiger partial charge in [0.2, 0.25) is 5.91 Å². The molecular weight excluding hydrogens is 290 g/mol. The second-order valence-electron chi connectivity index (χ2n) is 5.85. The Morgan fingerprint density at radius 2 is 2.09 bits per heavy atom. The number of carbonyl (C=O) groups is 1. The third kappa shape index (κ3) is 5.07. The van der Waals surface area contributed by atoms with Crippen molar-refractivity contribution in [2.75, 3.05) is 5.32 Å². The molecule has 0 radical (unpaired) electrons. The Hall–Kier alpha value is -2.40. The van der Waals surface area contributed by atoms with Crippen LogP contribution in [0.25, 0.3) is 11.1 Å². The number of aromatic nitrogens is 1. The highest BCUT2D eigenvalue weighted by Gasteiger charge is 2.12. The van der Waals surface area contributed by atoms with Gasteiger partial charge < -0.3 is 15.8 Å². The van der Waals surface area contributed by atoms with Gasteiger partial charge in [0.15, 0.2) is 0 Å². The lowest BCUT2D eigenvalue weighted by atomic mass is 10.0. The summed E-state index contributed by atoms with van der Waals surface area (Å²) in [7, 11) is 0. The molecule has 0 aliphatic heterocycles. The number of anilines is 1. The molecule has 3 N–H and O–H groups in total. The smallest absolute Gasteiger partial charge is 0.225 e. The van der Waals surface area contributed by atoms with Crippen molar-refractivity contribution < 1.29 is 9.53 Å². The molecule has 5 nitrogen and oxygen atoms in total. The normalized spacial score (nSPS) is 12.0. The molecule has 1 amide bonds. The summed E-state index contributed by atoms with van der Waals surface area (Å²) >= 11 is 0. The van der Waals surface area contributed by atoms with E-state index in [1.807, 2.05) is 44.2 Å². The van der Waals surface area contributed by atoms with Crippen LogP contribution < -0.4 is 15.8 Å². The zero-order valence-corrected chi connectivity index (χ0v) is 13.7. The van der Waals surface area contributed by atoms with Gasteiger partial charge in [-0.3, -0.25) is 9.78 Å². The number of hydrogen-bond donors (Lipinski definition) is 2. The van der Waals surface area contributed by atoms with Gasteiger partial charge in [-0.25, -0.2) is 0 Å².